The van der Waals surface area contributed by atoms with E-state index in [4.69, 9.17) is 9.47 Å². The molecule has 4 nitrogen and oxygen atoms in total. The van der Waals surface area contributed by atoms with E-state index in [0.717, 1.165) is 42.3 Å². The van der Waals surface area contributed by atoms with Crippen molar-refractivity contribution in [2.45, 2.75) is 25.6 Å². The minimum Gasteiger partial charge on any atom is -0.489 e. The molecule has 3 rings (SSSR count). The van der Waals surface area contributed by atoms with Gasteiger partial charge in [0.1, 0.15) is 24.2 Å². The molecule has 1 heterocycles. The molecule has 23 heavy (non-hydrogen) atoms. The summed E-state index contributed by atoms with van der Waals surface area (Å²) in [5, 5.41) is 6.49. The molecule has 1 fully saturated rings. The van der Waals surface area contributed by atoms with E-state index in [2.05, 4.69) is 22.8 Å². The van der Waals surface area contributed by atoms with Gasteiger partial charge in [-0.2, -0.15) is 0 Å². The van der Waals surface area contributed by atoms with Crippen LogP contribution in [0.5, 0.6) is 11.5 Å². The van der Waals surface area contributed by atoms with Crippen molar-refractivity contribution in [3.05, 3.63) is 54.1 Å². The Morgan fingerprint density at radius 1 is 1.13 bits per heavy atom. The first kappa shape index (κ1) is 15.7. The van der Waals surface area contributed by atoms with Crippen molar-refractivity contribution in [3.8, 4) is 11.5 Å². The first-order valence-electron chi connectivity index (χ1n) is 8.20. The number of ether oxygens (including phenoxy) is 2. The SMILES string of the molecule is CNc1cccc(COc2ccc(OC3CCCNC3)cc2)c1. The Bertz CT molecular complexity index is 607. The van der Waals surface area contributed by atoms with E-state index in [0.29, 0.717) is 6.61 Å². The highest BCUT2D eigenvalue weighted by Crippen LogP contribution is 2.21. The normalized spacial score (nSPS) is 17.5. The monoisotopic (exact) mass is 312 g/mol. The fourth-order valence-corrected chi connectivity index (χ4v) is 2.71. The predicted octanol–water partition coefficient (Wildman–Crippen LogP) is 3.44. The fraction of sp³-hybridized carbons (Fsp3) is 0.368. The molecule has 122 valence electrons. The molecule has 1 unspecified atom stereocenters. The van der Waals surface area contributed by atoms with Crippen LogP contribution in [0.2, 0.25) is 0 Å². The first-order valence-corrected chi connectivity index (χ1v) is 8.20. The lowest BCUT2D eigenvalue weighted by atomic mass is 10.1. The summed E-state index contributed by atoms with van der Waals surface area (Å²) in [5.41, 5.74) is 2.24. The van der Waals surface area contributed by atoms with Gasteiger partial charge in [-0.25, -0.2) is 0 Å². The summed E-state index contributed by atoms with van der Waals surface area (Å²) < 4.78 is 11.8. The third-order valence-electron chi connectivity index (χ3n) is 4.00. The van der Waals surface area contributed by atoms with Gasteiger partial charge in [-0.1, -0.05) is 12.1 Å². The van der Waals surface area contributed by atoms with Crippen molar-refractivity contribution in [2.75, 3.05) is 25.5 Å². The summed E-state index contributed by atoms with van der Waals surface area (Å²) in [6.45, 7) is 2.59. The number of nitrogens with one attached hydrogen (secondary N) is 2. The number of hydrogen-bond donors (Lipinski definition) is 2. The summed E-state index contributed by atoms with van der Waals surface area (Å²) in [6.07, 6.45) is 2.57. The molecule has 2 aromatic carbocycles. The van der Waals surface area contributed by atoms with Gasteiger partial charge < -0.3 is 20.1 Å². The third kappa shape index (κ3) is 4.63. The maximum absolute atomic E-state index is 5.98. The summed E-state index contributed by atoms with van der Waals surface area (Å²) in [4.78, 5) is 0. The average Bonchev–Trinajstić information content (AvgIpc) is 2.62. The molecule has 2 N–H and O–H groups in total. The van der Waals surface area contributed by atoms with Crippen molar-refractivity contribution in [1.82, 2.24) is 5.32 Å². The zero-order valence-electron chi connectivity index (χ0n) is 13.5. The molecule has 1 aliphatic heterocycles. The van der Waals surface area contributed by atoms with Crippen LogP contribution in [0, 0.1) is 0 Å². The molecule has 0 bridgehead atoms. The van der Waals surface area contributed by atoms with Crippen LogP contribution in [-0.2, 0) is 6.61 Å². The van der Waals surface area contributed by atoms with E-state index in [9.17, 15) is 0 Å². The van der Waals surface area contributed by atoms with Crippen molar-refractivity contribution < 1.29 is 9.47 Å². The lowest BCUT2D eigenvalue weighted by Gasteiger charge is -2.24. The first-order chi connectivity index (χ1) is 11.3. The highest BCUT2D eigenvalue weighted by molar-refractivity contribution is 5.45. The number of rotatable bonds is 6. The number of benzene rings is 2. The second kappa shape index (κ2) is 7.88. The largest absolute Gasteiger partial charge is 0.489 e. The van der Waals surface area contributed by atoms with Crippen molar-refractivity contribution in [1.29, 1.82) is 0 Å². The van der Waals surface area contributed by atoms with E-state index in [1.807, 2.05) is 43.4 Å². The molecule has 0 aromatic heterocycles. The lowest BCUT2D eigenvalue weighted by molar-refractivity contribution is 0.167. The van der Waals surface area contributed by atoms with Crippen LogP contribution in [0.15, 0.2) is 48.5 Å². The van der Waals surface area contributed by atoms with Crippen LogP contribution in [0.25, 0.3) is 0 Å². The van der Waals surface area contributed by atoms with E-state index in [-0.39, 0.29) is 6.10 Å². The van der Waals surface area contributed by atoms with E-state index in [1.165, 1.54) is 6.42 Å². The van der Waals surface area contributed by atoms with Gasteiger partial charge >= 0.3 is 0 Å². The van der Waals surface area contributed by atoms with Gasteiger partial charge in [0.2, 0.25) is 0 Å². The van der Waals surface area contributed by atoms with Crippen molar-refractivity contribution >= 4 is 5.69 Å². The minimum atomic E-state index is 0.278. The van der Waals surface area contributed by atoms with Gasteiger partial charge in [-0.05, 0) is 61.3 Å². The second-order valence-corrected chi connectivity index (χ2v) is 5.80. The summed E-state index contributed by atoms with van der Waals surface area (Å²) in [6, 6.07) is 16.1. The maximum Gasteiger partial charge on any atom is 0.120 e. The smallest absolute Gasteiger partial charge is 0.120 e. The Hall–Kier alpha value is -2.20. The van der Waals surface area contributed by atoms with Gasteiger partial charge in [0.05, 0.1) is 0 Å². The molecule has 0 amide bonds. The highest BCUT2D eigenvalue weighted by atomic mass is 16.5. The Balaban J connectivity index is 1.52. The van der Waals surface area contributed by atoms with Crippen LogP contribution < -0.4 is 20.1 Å². The number of hydrogen-bond acceptors (Lipinski definition) is 4. The molecule has 0 saturated carbocycles. The standard InChI is InChI=1S/C19H24N2O2/c1-20-16-5-2-4-15(12-16)14-22-17-7-9-18(10-8-17)23-19-6-3-11-21-13-19/h2,4-5,7-10,12,19-21H,3,6,11,13-14H2,1H3. The maximum atomic E-state index is 5.98. The van der Waals surface area contributed by atoms with Crippen LogP contribution >= 0.6 is 0 Å². The lowest BCUT2D eigenvalue weighted by Crippen LogP contribution is -2.37. The predicted molar refractivity (Wildman–Crippen MR) is 93.3 cm³/mol. The molecule has 4 heteroatoms. The number of anilines is 1. The van der Waals surface area contributed by atoms with E-state index < -0.39 is 0 Å². The molecule has 1 saturated heterocycles. The van der Waals surface area contributed by atoms with Crippen LogP contribution in [0.1, 0.15) is 18.4 Å². The third-order valence-corrected chi connectivity index (χ3v) is 4.00. The van der Waals surface area contributed by atoms with E-state index in [1.54, 1.807) is 0 Å². The van der Waals surface area contributed by atoms with Gasteiger partial charge in [-0.15, -0.1) is 0 Å². The highest BCUT2D eigenvalue weighted by Gasteiger charge is 2.14. The van der Waals surface area contributed by atoms with Crippen molar-refractivity contribution in [2.24, 2.45) is 0 Å². The molecule has 0 aliphatic carbocycles. The molecular weight excluding hydrogens is 288 g/mol. The molecule has 2 aromatic rings. The van der Waals surface area contributed by atoms with Crippen molar-refractivity contribution in [3.63, 3.8) is 0 Å². The van der Waals surface area contributed by atoms with Gasteiger partial charge in [-0.3, -0.25) is 0 Å². The topological polar surface area (TPSA) is 42.5 Å². The molecule has 1 atom stereocenters. The Morgan fingerprint density at radius 3 is 2.70 bits per heavy atom. The van der Waals surface area contributed by atoms with Gasteiger partial charge in [0.15, 0.2) is 0 Å². The van der Waals surface area contributed by atoms with Crippen LogP contribution in [0.4, 0.5) is 5.69 Å². The second-order valence-electron chi connectivity index (χ2n) is 5.80. The summed E-state index contributed by atoms with van der Waals surface area (Å²) in [5.74, 6) is 1.76. The molecular formula is C19H24N2O2. The van der Waals surface area contributed by atoms with E-state index >= 15 is 0 Å². The Kier molecular flexibility index (Phi) is 5.37. The zero-order valence-corrected chi connectivity index (χ0v) is 13.5. The number of piperidine rings is 1. The summed E-state index contributed by atoms with van der Waals surface area (Å²) in [7, 11) is 1.92. The zero-order chi connectivity index (χ0) is 15.9. The molecule has 0 radical (unpaired) electrons. The average molecular weight is 312 g/mol. The van der Waals surface area contributed by atoms with Gasteiger partial charge in [0.25, 0.3) is 0 Å². The quantitative estimate of drug-likeness (QED) is 0.857. The fourth-order valence-electron chi connectivity index (χ4n) is 2.71. The summed E-state index contributed by atoms with van der Waals surface area (Å²) >= 11 is 0. The molecule has 0 spiro atoms. The van der Waals surface area contributed by atoms with Crippen LogP contribution in [0.3, 0.4) is 0 Å². The Morgan fingerprint density at radius 2 is 1.96 bits per heavy atom. The van der Waals surface area contributed by atoms with Gasteiger partial charge in [0, 0.05) is 19.3 Å². The van der Waals surface area contributed by atoms with Crippen LogP contribution in [-0.4, -0.2) is 26.2 Å². The Labute approximate surface area is 137 Å². The minimum absolute atomic E-state index is 0.278. The molecule has 1 aliphatic rings.